The molecular formula is C19H18N4O2. The van der Waals surface area contributed by atoms with Crippen molar-refractivity contribution >= 4 is 22.4 Å². The molecule has 4 rings (SSSR count). The number of imidazole rings is 1. The van der Waals surface area contributed by atoms with Gasteiger partial charge in [0.05, 0.1) is 23.2 Å². The second-order valence-electron chi connectivity index (χ2n) is 5.94. The number of aliphatic hydroxyl groups excluding tert-OH is 2. The number of benzene rings is 2. The second kappa shape index (κ2) is 6.07. The lowest BCUT2D eigenvalue weighted by Gasteiger charge is -2.26. The van der Waals surface area contributed by atoms with Crippen molar-refractivity contribution < 1.29 is 10.2 Å². The number of hydrogen-bond acceptors (Lipinski definition) is 4. The number of β-amino-alcohol motifs (C(OH)–C–C–N with tert-alkyl or cyclic N) is 1. The summed E-state index contributed by atoms with van der Waals surface area (Å²) < 4.78 is 0. The summed E-state index contributed by atoms with van der Waals surface area (Å²) in [5, 5.41) is 28.8. The standard InChI is InChI=1S/C19H18N4O2/c20-18-15(19-21-13-8-4-5-9-14(13)22-19)17(25)16(23(18)10-11-24)12-6-2-1-3-7-12/h1-9,16,20,24-25H,10-11H2,(H,21,22). The summed E-state index contributed by atoms with van der Waals surface area (Å²) in [7, 11) is 0. The van der Waals surface area contributed by atoms with Gasteiger partial charge in [-0.2, -0.15) is 0 Å². The maximum Gasteiger partial charge on any atom is 0.145 e. The molecule has 25 heavy (non-hydrogen) atoms. The number of aliphatic hydroxyl groups is 2. The first-order valence-corrected chi connectivity index (χ1v) is 8.10. The number of nitrogens with one attached hydrogen (secondary N) is 2. The molecule has 1 aromatic heterocycles. The Kier molecular flexibility index (Phi) is 3.74. The summed E-state index contributed by atoms with van der Waals surface area (Å²) >= 11 is 0. The van der Waals surface area contributed by atoms with Gasteiger partial charge in [-0.3, -0.25) is 5.41 Å². The van der Waals surface area contributed by atoms with E-state index < -0.39 is 6.04 Å². The van der Waals surface area contributed by atoms with E-state index in [2.05, 4.69) is 9.97 Å². The number of aromatic amines is 1. The molecule has 0 spiro atoms. The van der Waals surface area contributed by atoms with Crippen molar-refractivity contribution in [3.63, 3.8) is 0 Å². The molecule has 2 aromatic carbocycles. The highest BCUT2D eigenvalue weighted by atomic mass is 16.3. The average molecular weight is 334 g/mol. The van der Waals surface area contributed by atoms with E-state index in [1.807, 2.05) is 54.6 Å². The van der Waals surface area contributed by atoms with Crippen LogP contribution in [-0.2, 0) is 0 Å². The van der Waals surface area contributed by atoms with Crippen LogP contribution in [-0.4, -0.2) is 44.1 Å². The van der Waals surface area contributed by atoms with Crippen LogP contribution in [0.2, 0.25) is 0 Å². The SMILES string of the molecule is N=C1C(c2nc3ccccc3[nH]2)=C(O)C(c2ccccc2)N1CCO. The number of fused-ring (bicyclic) bond motifs is 1. The van der Waals surface area contributed by atoms with Gasteiger partial charge < -0.3 is 20.1 Å². The van der Waals surface area contributed by atoms with Crippen LogP contribution in [0.4, 0.5) is 0 Å². The Morgan fingerprint density at radius 1 is 1.08 bits per heavy atom. The molecule has 0 saturated carbocycles. The third-order valence-corrected chi connectivity index (χ3v) is 4.43. The van der Waals surface area contributed by atoms with Gasteiger partial charge in [0.15, 0.2) is 0 Å². The summed E-state index contributed by atoms with van der Waals surface area (Å²) in [5.74, 6) is 0.688. The molecule has 0 fully saturated rings. The van der Waals surface area contributed by atoms with Crippen LogP contribution >= 0.6 is 0 Å². The molecule has 1 atom stereocenters. The molecule has 1 unspecified atom stereocenters. The topological polar surface area (TPSA) is 96.2 Å². The minimum absolute atomic E-state index is 0.0729. The summed E-state index contributed by atoms with van der Waals surface area (Å²) in [6, 6.07) is 16.6. The van der Waals surface area contributed by atoms with Gasteiger partial charge in [0.2, 0.25) is 0 Å². The van der Waals surface area contributed by atoms with E-state index in [9.17, 15) is 10.2 Å². The largest absolute Gasteiger partial charge is 0.509 e. The van der Waals surface area contributed by atoms with Crippen molar-refractivity contribution in [2.75, 3.05) is 13.2 Å². The lowest BCUT2D eigenvalue weighted by Crippen LogP contribution is -2.32. The highest BCUT2D eigenvalue weighted by Crippen LogP contribution is 2.40. The molecule has 126 valence electrons. The van der Waals surface area contributed by atoms with Crippen LogP contribution in [0, 0.1) is 5.41 Å². The monoisotopic (exact) mass is 334 g/mol. The molecule has 6 nitrogen and oxygen atoms in total. The Hall–Kier alpha value is -3.12. The van der Waals surface area contributed by atoms with Crippen LogP contribution in [0.1, 0.15) is 17.4 Å². The molecule has 0 amide bonds. The highest BCUT2D eigenvalue weighted by Gasteiger charge is 2.39. The van der Waals surface area contributed by atoms with Crippen molar-refractivity contribution in [3.8, 4) is 0 Å². The summed E-state index contributed by atoms with van der Waals surface area (Å²) in [5.41, 5.74) is 2.87. The Bertz CT molecular complexity index is 929. The number of rotatable bonds is 4. The molecular weight excluding hydrogens is 316 g/mol. The van der Waals surface area contributed by atoms with Gasteiger partial charge in [-0.05, 0) is 17.7 Å². The molecule has 4 N–H and O–H groups in total. The summed E-state index contributed by atoms with van der Waals surface area (Å²) in [6.07, 6.45) is 0. The lowest BCUT2D eigenvalue weighted by atomic mass is 10.0. The maximum absolute atomic E-state index is 10.9. The van der Waals surface area contributed by atoms with Gasteiger partial charge in [0, 0.05) is 6.54 Å². The first-order valence-electron chi connectivity index (χ1n) is 8.10. The first-order chi connectivity index (χ1) is 12.2. The number of nitrogens with zero attached hydrogens (tertiary/aromatic N) is 2. The van der Waals surface area contributed by atoms with Crippen LogP contribution in [0.5, 0.6) is 0 Å². The van der Waals surface area contributed by atoms with E-state index in [0.29, 0.717) is 11.4 Å². The fourth-order valence-electron chi connectivity index (χ4n) is 3.30. The van der Waals surface area contributed by atoms with Crippen molar-refractivity contribution in [3.05, 3.63) is 71.7 Å². The zero-order valence-corrected chi connectivity index (χ0v) is 13.5. The number of H-pyrrole nitrogens is 1. The normalized spacial score (nSPS) is 17.7. The smallest absolute Gasteiger partial charge is 0.145 e. The van der Waals surface area contributed by atoms with Gasteiger partial charge >= 0.3 is 0 Å². The molecule has 2 heterocycles. The Morgan fingerprint density at radius 3 is 2.52 bits per heavy atom. The fraction of sp³-hybridized carbons (Fsp3) is 0.158. The van der Waals surface area contributed by atoms with Gasteiger partial charge in [0.1, 0.15) is 23.5 Å². The molecule has 0 aliphatic carbocycles. The minimum Gasteiger partial charge on any atom is -0.509 e. The van der Waals surface area contributed by atoms with Gasteiger partial charge in [-0.25, -0.2) is 4.98 Å². The molecule has 1 aliphatic heterocycles. The Morgan fingerprint density at radius 2 is 1.80 bits per heavy atom. The molecule has 1 aliphatic rings. The average Bonchev–Trinajstić information content (AvgIpc) is 3.15. The summed E-state index contributed by atoms with van der Waals surface area (Å²) in [4.78, 5) is 9.38. The third kappa shape index (κ3) is 2.47. The van der Waals surface area contributed by atoms with Crippen molar-refractivity contribution in [1.29, 1.82) is 5.41 Å². The van der Waals surface area contributed by atoms with Crippen molar-refractivity contribution in [1.82, 2.24) is 14.9 Å². The third-order valence-electron chi connectivity index (χ3n) is 4.43. The van der Waals surface area contributed by atoms with Gasteiger partial charge in [-0.1, -0.05) is 42.5 Å². The van der Waals surface area contributed by atoms with E-state index in [4.69, 9.17) is 5.41 Å². The second-order valence-corrected chi connectivity index (χ2v) is 5.94. The van der Waals surface area contributed by atoms with E-state index in [1.54, 1.807) is 4.90 Å². The summed E-state index contributed by atoms with van der Waals surface area (Å²) in [6.45, 7) is 0.151. The molecule has 0 radical (unpaired) electrons. The lowest BCUT2D eigenvalue weighted by molar-refractivity contribution is 0.213. The molecule has 6 heteroatoms. The van der Waals surface area contributed by atoms with Crippen LogP contribution in [0.3, 0.4) is 0 Å². The van der Waals surface area contributed by atoms with E-state index in [0.717, 1.165) is 16.6 Å². The zero-order valence-electron chi connectivity index (χ0n) is 13.5. The number of amidine groups is 1. The quantitative estimate of drug-likeness (QED) is 0.590. The molecule has 3 aromatic rings. The zero-order chi connectivity index (χ0) is 17.4. The van der Waals surface area contributed by atoms with E-state index in [1.165, 1.54) is 0 Å². The van der Waals surface area contributed by atoms with Gasteiger partial charge in [-0.15, -0.1) is 0 Å². The highest BCUT2D eigenvalue weighted by molar-refractivity contribution is 6.23. The van der Waals surface area contributed by atoms with Crippen molar-refractivity contribution in [2.24, 2.45) is 0 Å². The number of hydrogen-bond donors (Lipinski definition) is 4. The molecule has 0 saturated heterocycles. The Labute approximate surface area is 144 Å². The maximum atomic E-state index is 10.9. The van der Waals surface area contributed by atoms with Gasteiger partial charge in [0.25, 0.3) is 0 Å². The van der Waals surface area contributed by atoms with Crippen LogP contribution < -0.4 is 0 Å². The van der Waals surface area contributed by atoms with Crippen LogP contribution in [0.25, 0.3) is 16.6 Å². The van der Waals surface area contributed by atoms with Crippen molar-refractivity contribution in [2.45, 2.75) is 6.04 Å². The first kappa shape index (κ1) is 15.4. The van der Waals surface area contributed by atoms with E-state index >= 15 is 0 Å². The Balaban J connectivity index is 1.85. The number of aromatic nitrogens is 2. The van der Waals surface area contributed by atoms with Crippen LogP contribution in [0.15, 0.2) is 60.4 Å². The predicted octanol–water partition coefficient (Wildman–Crippen LogP) is 2.86. The fourth-order valence-corrected chi connectivity index (χ4v) is 3.30. The predicted molar refractivity (Wildman–Crippen MR) is 96.3 cm³/mol. The minimum atomic E-state index is -0.496. The number of para-hydroxylation sites is 2. The molecule has 0 bridgehead atoms. The van der Waals surface area contributed by atoms with E-state index in [-0.39, 0.29) is 24.7 Å².